The number of hydrogen-bond donors (Lipinski definition) is 2. The quantitative estimate of drug-likeness (QED) is 0.854. The number of hydrogen-bond acceptors (Lipinski definition) is 2. The van der Waals surface area contributed by atoms with Crippen LogP contribution in [0, 0.1) is 12.7 Å². The molecule has 0 bridgehead atoms. The van der Waals surface area contributed by atoms with E-state index in [-0.39, 0.29) is 11.6 Å². The number of aryl methyl sites for hydroxylation is 1. The lowest BCUT2D eigenvalue weighted by molar-refractivity contribution is -0.114. The molecule has 0 heterocycles. The third-order valence-electron chi connectivity index (χ3n) is 2.97. The van der Waals surface area contributed by atoms with Crippen LogP contribution in [0.25, 0.3) is 0 Å². The molecule has 0 fully saturated rings. The number of anilines is 2. The summed E-state index contributed by atoms with van der Waals surface area (Å²) in [6.45, 7) is 3.98. The van der Waals surface area contributed by atoms with Gasteiger partial charge >= 0.3 is 0 Å². The number of amides is 1. The SMILES string of the molecule is CC(=O)Nc1cc(NCc2ccc(C)cc2Br)ccc1F. The predicted molar refractivity (Wildman–Crippen MR) is 86.9 cm³/mol. The second-order valence-corrected chi connectivity index (χ2v) is 5.68. The predicted octanol–water partition coefficient (Wildman–Crippen LogP) is 4.47. The summed E-state index contributed by atoms with van der Waals surface area (Å²) in [5.74, 6) is -0.750. The number of rotatable bonds is 4. The van der Waals surface area contributed by atoms with Crippen LogP contribution in [0.4, 0.5) is 15.8 Å². The molecule has 2 aromatic carbocycles. The van der Waals surface area contributed by atoms with Crippen LogP contribution in [0.15, 0.2) is 40.9 Å². The number of nitrogens with one attached hydrogen (secondary N) is 2. The zero-order chi connectivity index (χ0) is 15.4. The Balaban J connectivity index is 2.11. The van der Waals surface area contributed by atoms with E-state index in [1.54, 1.807) is 12.1 Å². The molecule has 5 heteroatoms. The van der Waals surface area contributed by atoms with Crippen LogP contribution >= 0.6 is 15.9 Å². The highest BCUT2D eigenvalue weighted by Crippen LogP contribution is 2.22. The average Bonchev–Trinajstić information content (AvgIpc) is 2.40. The van der Waals surface area contributed by atoms with E-state index in [2.05, 4.69) is 26.6 Å². The summed E-state index contributed by atoms with van der Waals surface area (Å²) in [4.78, 5) is 11.0. The molecule has 2 aromatic rings. The van der Waals surface area contributed by atoms with Crippen molar-refractivity contribution in [2.75, 3.05) is 10.6 Å². The first-order valence-corrected chi connectivity index (χ1v) is 7.31. The van der Waals surface area contributed by atoms with E-state index in [0.717, 1.165) is 15.7 Å². The van der Waals surface area contributed by atoms with Crippen molar-refractivity contribution in [1.29, 1.82) is 0 Å². The van der Waals surface area contributed by atoms with Gasteiger partial charge in [-0.2, -0.15) is 0 Å². The van der Waals surface area contributed by atoms with Crippen LogP contribution in [0.3, 0.4) is 0 Å². The minimum Gasteiger partial charge on any atom is -0.381 e. The fourth-order valence-corrected chi connectivity index (χ4v) is 2.55. The number of carbonyl (C=O) groups is 1. The Bertz CT molecular complexity index is 673. The summed E-state index contributed by atoms with van der Waals surface area (Å²) in [5.41, 5.74) is 3.20. The van der Waals surface area contributed by atoms with Crippen molar-refractivity contribution >= 4 is 33.2 Å². The lowest BCUT2D eigenvalue weighted by atomic mass is 10.1. The van der Waals surface area contributed by atoms with Crippen LogP contribution in [-0.4, -0.2) is 5.91 Å². The molecule has 0 atom stereocenters. The zero-order valence-electron chi connectivity index (χ0n) is 11.8. The highest BCUT2D eigenvalue weighted by Gasteiger charge is 2.06. The highest BCUT2D eigenvalue weighted by atomic mass is 79.9. The molecule has 0 aromatic heterocycles. The topological polar surface area (TPSA) is 41.1 Å². The van der Waals surface area contributed by atoms with Crippen molar-refractivity contribution in [3.8, 4) is 0 Å². The van der Waals surface area contributed by atoms with Gasteiger partial charge in [-0.05, 0) is 42.3 Å². The van der Waals surface area contributed by atoms with Gasteiger partial charge in [0.1, 0.15) is 5.82 Å². The maximum atomic E-state index is 13.6. The van der Waals surface area contributed by atoms with E-state index in [1.807, 2.05) is 25.1 Å². The molecular weight excluding hydrogens is 335 g/mol. The summed E-state index contributed by atoms with van der Waals surface area (Å²) < 4.78 is 14.6. The third-order valence-corrected chi connectivity index (χ3v) is 3.71. The molecule has 0 aliphatic heterocycles. The van der Waals surface area contributed by atoms with Gasteiger partial charge in [-0.25, -0.2) is 4.39 Å². The molecule has 0 spiro atoms. The van der Waals surface area contributed by atoms with E-state index >= 15 is 0 Å². The standard InChI is InChI=1S/C16H16BrFN2O/c1-10-3-4-12(14(17)7-10)9-19-13-5-6-15(18)16(8-13)20-11(2)21/h3-8,19H,9H2,1-2H3,(H,20,21). The van der Waals surface area contributed by atoms with Gasteiger partial charge in [0, 0.05) is 23.6 Å². The third kappa shape index (κ3) is 4.29. The lowest BCUT2D eigenvalue weighted by Gasteiger charge is -2.11. The minimum atomic E-state index is -0.452. The number of benzene rings is 2. The second-order valence-electron chi connectivity index (χ2n) is 4.82. The summed E-state index contributed by atoms with van der Waals surface area (Å²) in [5, 5.41) is 5.68. The Morgan fingerprint density at radius 3 is 2.67 bits per heavy atom. The molecular formula is C16H16BrFN2O. The number of carbonyl (C=O) groups excluding carboxylic acids is 1. The minimum absolute atomic E-state index is 0.176. The lowest BCUT2D eigenvalue weighted by Crippen LogP contribution is -2.08. The van der Waals surface area contributed by atoms with Crippen LogP contribution in [0.1, 0.15) is 18.1 Å². The summed E-state index contributed by atoms with van der Waals surface area (Å²) in [6, 6.07) is 10.7. The van der Waals surface area contributed by atoms with Crippen molar-refractivity contribution in [3.05, 3.63) is 57.8 Å². The van der Waals surface area contributed by atoms with Crippen molar-refractivity contribution < 1.29 is 9.18 Å². The maximum Gasteiger partial charge on any atom is 0.221 e. The van der Waals surface area contributed by atoms with E-state index in [9.17, 15) is 9.18 Å². The van der Waals surface area contributed by atoms with Crippen LogP contribution in [-0.2, 0) is 11.3 Å². The smallest absolute Gasteiger partial charge is 0.221 e. The molecule has 21 heavy (non-hydrogen) atoms. The van der Waals surface area contributed by atoms with Gasteiger partial charge in [-0.3, -0.25) is 4.79 Å². The van der Waals surface area contributed by atoms with Gasteiger partial charge in [0.15, 0.2) is 0 Å². The van der Waals surface area contributed by atoms with Gasteiger partial charge in [0.05, 0.1) is 5.69 Å². The fourth-order valence-electron chi connectivity index (χ4n) is 1.91. The van der Waals surface area contributed by atoms with E-state index < -0.39 is 5.82 Å². The zero-order valence-corrected chi connectivity index (χ0v) is 13.4. The van der Waals surface area contributed by atoms with E-state index in [0.29, 0.717) is 6.54 Å². The molecule has 3 nitrogen and oxygen atoms in total. The Morgan fingerprint density at radius 1 is 1.24 bits per heavy atom. The van der Waals surface area contributed by atoms with Crippen LogP contribution < -0.4 is 10.6 Å². The molecule has 0 saturated heterocycles. The molecule has 2 N–H and O–H groups in total. The van der Waals surface area contributed by atoms with Gasteiger partial charge in [-0.15, -0.1) is 0 Å². The molecule has 2 rings (SSSR count). The normalized spacial score (nSPS) is 10.3. The number of halogens is 2. The molecule has 110 valence electrons. The van der Waals surface area contributed by atoms with E-state index in [4.69, 9.17) is 0 Å². The van der Waals surface area contributed by atoms with Gasteiger partial charge in [0.25, 0.3) is 0 Å². The van der Waals surface area contributed by atoms with Crippen molar-refractivity contribution in [2.45, 2.75) is 20.4 Å². The van der Waals surface area contributed by atoms with Crippen LogP contribution in [0.2, 0.25) is 0 Å². The largest absolute Gasteiger partial charge is 0.381 e. The van der Waals surface area contributed by atoms with Gasteiger partial charge in [0.2, 0.25) is 5.91 Å². The average molecular weight is 351 g/mol. The Hall–Kier alpha value is -1.88. The molecule has 0 unspecified atom stereocenters. The van der Waals surface area contributed by atoms with Crippen LogP contribution in [0.5, 0.6) is 0 Å². The monoisotopic (exact) mass is 350 g/mol. The Morgan fingerprint density at radius 2 is 2.00 bits per heavy atom. The first-order valence-electron chi connectivity index (χ1n) is 6.52. The summed E-state index contributed by atoms with van der Waals surface area (Å²) in [6.07, 6.45) is 0. The van der Waals surface area contributed by atoms with Crippen molar-refractivity contribution in [1.82, 2.24) is 0 Å². The Labute approximate surface area is 131 Å². The van der Waals surface area contributed by atoms with Gasteiger partial charge in [-0.1, -0.05) is 28.1 Å². The fraction of sp³-hybridized carbons (Fsp3) is 0.188. The first-order chi connectivity index (χ1) is 9.95. The van der Waals surface area contributed by atoms with Gasteiger partial charge < -0.3 is 10.6 Å². The summed E-state index contributed by atoms with van der Waals surface area (Å²) in [7, 11) is 0. The highest BCUT2D eigenvalue weighted by molar-refractivity contribution is 9.10. The van der Waals surface area contributed by atoms with E-state index in [1.165, 1.54) is 18.6 Å². The Kier molecular flexibility index (Phi) is 4.96. The van der Waals surface area contributed by atoms with Crippen molar-refractivity contribution in [3.63, 3.8) is 0 Å². The molecule has 1 amide bonds. The first kappa shape index (κ1) is 15.5. The second kappa shape index (κ2) is 6.72. The molecule has 0 radical (unpaired) electrons. The molecule has 0 aliphatic rings. The molecule has 0 saturated carbocycles. The van der Waals surface area contributed by atoms with Crippen molar-refractivity contribution in [2.24, 2.45) is 0 Å². The molecule has 0 aliphatic carbocycles. The summed E-state index contributed by atoms with van der Waals surface area (Å²) >= 11 is 3.52. The maximum absolute atomic E-state index is 13.6.